The monoisotopic (exact) mass is 347 g/mol. The van der Waals surface area contributed by atoms with Gasteiger partial charge in [0.2, 0.25) is 5.95 Å². The SMILES string of the molecule is COc1cccc(-c2cccc([C@@H]3C[C@@H]3c3cc(=O)n(C)c(N)n3)c2)c1. The number of nitrogen functional groups attached to an aromatic ring is 1. The molecule has 0 unspecified atom stereocenters. The van der Waals surface area contributed by atoms with Crippen molar-refractivity contribution < 1.29 is 4.74 Å². The second-order valence-electron chi connectivity index (χ2n) is 6.74. The molecule has 2 atom stereocenters. The first kappa shape index (κ1) is 16.4. The lowest BCUT2D eigenvalue weighted by atomic mass is 10.00. The van der Waals surface area contributed by atoms with Gasteiger partial charge >= 0.3 is 0 Å². The van der Waals surface area contributed by atoms with Crippen molar-refractivity contribution in [3.63, 3.8) is 0 Å². The molecule has 1 aliphatic rings. The van der Waals surface area contributed by atoms with Gasteiger partial charge in [0.15, 0.2) is 0 Å². The molecule has 4 rings (SSSR count). The standard InChI is InChI=1S/C21H21N3O2/c1-24-20(25)12-19(23-21(24)22)18-11-17(18)15-7-3-5-13(9-15)14-6-4-8-16(10-14)26-2/h3-10,12,17-18H,11H2,1-2H3,(H2,22,23)/t17-,18-/m0/s1. The smallest absolute Gasteiger partial charge is 0.254 e. The quantitative estimate of drug-likeness (QED) is 0.786. The molecule has 5 nitrogen and oxygen atoms in total. The summed E-state index contributed by atoms with van der Waals surface area (Å²) in [6.45, 7) is 0. The molecule has 2 N–H and O–H groups in total. The van der Waals surface area contributed by atoms with Crippen molar-refractivity contribution in [2.24, 2.45) is 7.05 Å². The molecule has 3 aromatic rings. The molecule has 2 aromatic carbocycles. The Morgan fingerprint density at radius 2 is 1.81 bits per heavy atom. The molecule has 0 spiro atoms. The van der Waals surface area contributed by atoms with E-state index in [1.807, 2.05) is 18.2 Å². The van der Waals surface area contributed by atoms with E-state index in [0.29, 0.717) is 5.92 Å². The lowest BCUT2D eigenvalue weighted by Crippen LogP contribution is -2.21. The minimum Gasteiger partial charge on any atom is -0.497 e. The molecule has 1 aliphatic carbocycles. The molecule has 26 heavy (non-hydrogen) atoms. The van der Waals surface area contributed by atoms with E-state index >= 15 is 0 Å². The van der Waals surface area contributed by atoms with E-state index in [9.17, 15) is 4.79 Å². The molecule has 0 radical (unpaired) electrons. The van der Waals surface area contributed by atoms with Gasteiger partial charge in [-0.15, -0.1) is 0 Å². The van der Waals surface area contributed by atoms with Gasteiger partial charge in [0.05, 0.1) is 12.8 Å². The summed E-state index contributed by atoms with van der Waals surface area (Å²) < 4.78 is 6.69. The second kappa shape index (κ2) is 6.33. The van der Waals surface area contributed by atoms with E-state index in [0.717, 1.165) is 29.0 Å². The summed E-state index contributed by atoms with van der Waals surface area (Å²) in [6.07, 6.45) is 0.987. The maximum atomic E-state index is 12.0. The van der Waals surface area contributed by atoms with E-state index in [2.05, 4.69) is 35.3 Å². The second-order valence-corrected chi connectivity index (χ2v) is 6.74. The van der Waals surface area contributed by atoms with E-state index in [1.54, 1.807) is 20.2 Å². The summed E-state index contributed by atoms with van der Waals surface area (Å²) in [5.74, 6) is 1.74. The Bertz CT molecular complexity index is 1030. The number of methoxy groups -OCH3 is 1. The molecule has 0 amide bonds. The fourth-order valence-corrected chi connectivity index (χ4v) is 3.41. The Kier molecular flexibility index (Phi) is 3.99. The van der Waals surface area contributed by atoms with Crippen molar-refractivity contribution in [3.8, 4) is 16.9 Å². The van der Waals surface area contributed by atoms with Gasteiger partial charge in [-0.25, -0.2) is 4.98 Å². The Hall–Kier alpha value is -3.08. The van der Waals surface area contributed by atoms with Crippen molar-refractivity contribution in [2.75, 3.05) is 12.8 Å². The zero-order chi connectivity index (χ0) is 18.3. The summed E-state index contributed by atoms with van der Waals surface area (Å²) in [7, 11) is 3.31. The van der Waals surface area contributed by atoms with Gasteiger partial charge in [0.1, 0.15) is 5.75 Å². The number of hydrogen-bond donors (Lipinski definition) is 1. The van der Waals surface area contributed by atoms with Gasteiger partial charge in [-0.1, -0.05) is 36.4 Å². The zero-order valence-electron chi connectivity index (χ0n) is 14.8. The topological polar surface area (TPSA) is 70.1 Å². The first-order chi connectivity index (χ1) is 12.6. The molecule has 1 saturated carbocycles. The van der Waals surface area contributed by atoms with Crippen LogP contribution in [0.4, 0.5) is 5.95 Å². The highest BCUT2D eigenvalue weighted by Gasteiger charge is 2.41. The van der Waals surface area contributed by atoms with Gasteiger partial charge in [0, 0.05) is 19.0 Å². The van der Waals surface area contributed by atoms with Gasteiger partial charge in [-0.05, 0) is 41.2 Å². The molecular weight excluding hydrogens is 326 g/mol. The molecule has 0 bridgehead atoms. The number of hydrogen-bond acceptors (Lipinski definition) is 4. The van der Waals surface area contributed by atoms with E-state index in [-0.39, 0.29) is 17.4 Å². The summed E-state index contributed by atoms with van der Waals surface area (Å²) >= 11 is 0. The van der Waals surface area contributed by atoms with Crippen LogP contribution in [0.1, 0.15) is 29.5 Å². The first-order valence-corrected chi connectivity index (χ1v) is 8.64. The molecule has 1 fully saturated rings. The maximum absolute atomic E-state index is 12.0. The van der Waals surface area contributed by atoms with Crippen molar-refractivity contribution in [3.05, 3.63) is 76.2 Å². The van der Waals surface area contributed by atoms with Crippen LogP contribution in [-0.2, 0) is 7.05 Å². The Balaban J connectivity index is 1.61. The van der Waals surface area contributed by atoms with Gasteiger partial charge in [-0.2, -0.15) is 0 Å². The van der Waals surface area contributed by atoms with Crippen LogP contribution in [0, 0.1) is 0 Å². The third-order valence-corrected chi connectivity index (χ3v) is 5.08. The summed E-state index contributed by atoms with van der Waals surface area (Å²) in [6, 6.07) is 18.2. The number of anilines is 1. The van der Waals surface area contributed by atoms with Crippen LogP contribution in [0.25, 0.3) is 11.1 Å². The molecular formula is C21H21N3O2. The molecule has 132 valence electrons. The zero-order valence-corrected chi connectivity index (χ0v) is 14.8. The first-order valence-electron chi connectivity index (χ1n) is 8.64. The van der Waals surface area contributed by atoms with Crippen molar-refractivity contribution >= 4 is 5.95 Å². The lowest BCUT2D eigenvalue weighted by molar-refractivity contribution is 0.415. The highest BCUT2D eigenvalue weighted by atomic mass is 16.5. The highest BCUT2D eigenvalue weighted by Crippen LogP contribution is 2.54. The number of rotatable bonds is 4. The number of benzene rings is 2. The number of nitrogens with two attached hydrogens (primary N) is 1. The number of ether oxygens (including phenoxy) is 1. The highest BCUT2D eigenvalue weighted by molar-refractivity contribution is 5.66. The lowest BCUT2D eigenvalue weighted by Gasteiger charge is -2.08. The molecule has 1 aromatic heterocycles. The molecule has 1 heterocycles. The van der Waals surface area contributed by atoms with Gasteiger partial charge < -0.3 is 10.5 Å². The number of nitrogens with zero attached hydrogens (tertiary/aromatic N) is 2. The van der Waals surface area contributed by atoms with Crippen LogP contribution < -0.4 is 16.0 Å². The van der Waals surface area contributed by atoms with Crippen LogP contribution in [0.2, 0.25) is 0 Å². The minimum absolute atomic E-state index is 0.108. The molecule has 0 aliphatic heterocycles. The third kappa shape index (κ3) is 2.96. The van der Waals surface area contributed by atoms with E-state index in [4.69, 9.17) is 10.5 Å². The van der Waals surface area contributed by atoms with Crippen LogP contribution in [0.15, 0.2) is 59.4 Å². The van der Waals surface area contributed by atoms with Gasteiger partial charge in [-0.3, -0.25) is 9.36 Å². The van der Waals surface area contributed by atoms with Crippen LogP contribution >= 0.6 is 0 Å². The molecule has 0 saturated heterocycles. The fourth-order valence-electron chi connectivity index (χ4n) is 3.41. The average molecular weight is 347 g/mol. The average Bonchev–Trinajstić information content (AvgIpc) is 3.47. The van der Waals surface area contributed by atoms with Crippen molar-refractivity contribution in [1.82, 2.24) is 9.55 Å². The van der Waals surface area contributed by atoms with E-state index in [1.165, 1.54) is 10.1 Å². The molecule has 5 heteroatoms. The van der Waals surface area contributed by atoms with Crippen LogP contribution in [0.3, 0.4) is 0 Å². The fraction of sp³-hybridized carbons (Fsp3) is 0.238. The largest absolute Gasteiger partial charge is 0.497 e. The summed E-state index contributed by atoms with van der Waals surface area (Å²) in [5.41, 5.74) is 10.1. The van der Waals surface area contributed by atoms with Gasteiger partial charge in [0.25, 0.3) is 5.56 Å². The van der Waals surface area contributed by atoms with Crippen molar-refractivity contribution in [1.29, 1.82) is 0 Å². The predicted molar refractivity (Wildman–Crippen MR) is 102 cm³/mol. The van der Waals surface area contributed by atoms with Crippen molar-refractivity contribution in [2.45, 2.75) is 18.3 Å². The van der Waals surface area contributed by atoms with Crippen LogP contribution in [-0.4, -0.2) is 16.7 Å². The van der Waals surface area contributed by atoms with Crippen LogP contribution in [0.5, 0.6) is 5.75 Å². The Morgan fingerprint density at radius 3 is 2.54 bits per heavy atom. The normalized spacial score (nSPS) is 18.5. The Labute approximate surface area is 152 Å². The maximum Gasteiger partial charge on any atom is 0.254 e. The van der Waals surface area contributed by atoms with E-state index < -0.39 is 0 Å². The third-order valence-electron chi connectivity index (χ3n) is 5.08. The Morgan fingerprint density at radius 1 is 1.08 bits per heavy atom. The summed E-state index contributed by atoms with van der Waals surface area (Å²) in [4.78, 5) is 16.4. The minimum atomic E-state index is -0.108. The summed E-state index contributed by atoms with van der Waals surface area (Å²) in [5, 5.41) is 0. The predicted octanol–water partition coefficient (Wildman–Crippen LogP) is 3.31. The number of aromatic nitrogens is 2.